The van der Waals surface area contributed by atoms with Crippen molar-refractivity contribution in [3.8, 4) is 0 Å². The molecule has 1 fully saturated rings. The summed E-state index contributed by atoms with van der Waals surface area (Å²) >= 11 is 0. The summed E-state index contributed by atoms with van der Waals surface area (Å²) in [7, 11) is 0. The lowest BCUT2D eigenvalue weighted by atomic mass is 9.77. The van der Waals surface area contributed by atoms with Crippen LogP contribution in [0.3, 0.4) is 0 Å². The van der Waals surface area contributed by atoms with Gasteiger partial charge in [-0.05, 0) is 31.2 Å². The van der Waals surface area contributed by atoms with Gasteiger partial charge in [0.25, 0.3) is 0 Å². The van der Waals surface area contributed by atoms with Crippen LogP contribution in [0.5, 0.6) is 0 Å². The zero-order valence-electron chi connectivity index (χ0n) is 9.82. The van der Waals surface area contributed by atoms with Gasteiger partial charge >= 0.3 is 0 Å². The molecule has 94 valence electrons. The van der Waals surface area contributed by atoms with Crippen LogP contribution in [-0.2, 0) is 11.2 Å². The van der Waals surface area contributed by atoms with Gasteiger partial charge in [-0.25, -0.2) is 0 Å². The SMILES string of the molecule is Cl.NC1(C(=O)NCCc2ccccc2)CCC1. The zero-order valence-corrected chi connectivity index (χ0v) is 10.6. The molecule has 4 heteroatoms. The van der Waals surface area contributed by atoms with Crippen molar-refractivity contribution in [2.45, 2.75) is 31.2 Å². The Hall–Kier alpha value is -1.06. The van der Waals surface area contributed by atoms with E-state index < -0.39 is 5.54 Å². The van der Waals surface area contributed by atoms with Gasteiger partial charge in [-0.1, -0.05) is 30.3 Å². The third kappa shape index (κ3) is 3.45. The van der Waals surface area contributed by atoms with Crippen LogP contribution >= 0.6 is 12.4 Å². The number of benzene rings is 1. The van der Waals surface area contributed by atoms with E-state index in [2.05, 4.69) is 17.4 Å². The average molecular weight is 255 g/mol. The number of hydrogen-bond donors (Lipinski definition) is 2. The lowest BCUT2D eigenvalue weighted by Crippen LogP contribution is -2.58. The van der Waals surface area contributed by atoms with Crippen LogP contribution in [0.4, 0.5) is 0 Å². The van der Waals surface area contributed by atoms with Crippen LogP contribution in [0.15, 0.2) is 30.3 Å². The molecule has 1 saturated carbocycles. The molecule has 0 unspecified atom stereocenters. The molecule has 0 aromatic heterocycles. The Kier molecular flexibility index (Phi) is 4.97. The molecule has 1 aliphatic rings. The van der Waals surface area contributed by atoms with Crippen molar-refractivity contribution in [2.75, 3.05) is 6.54 Å². The first-order valence-corrected chi connectivity index (χ1v) is 5.82. The standard InChI is InChI=1S/C13H18N2O.ClH/c14-13(8-4-9-13)12(16)15-10-7-11-5-2-1-3-6-11;/h1-3,5-6H,4,7-10,14H2,(H,15,16);1H. The van der Waals surface area contributed by atoms with E-state index >= 15 is 0 Å². The molecule has 0 spiro atoms. The first-order valence-electron chi connectivity index (χ1n) is 5.82. The first-order chi connectivity index (χ1) is 7.71. The average Bonchev–Trinajstić information content (AvgIpc) is 2.27. The molecule has 0 radical (unpaired) electrons. The molecule has 0 atom stereocenters. The molecule has 1 aliphatic carbocycles. The van der Waals surface area contributed by atoms with Gasteiger partial charge < -0.3 is 11.1 Å². The van der Waals surface area contributed by atoms with Gasteiger partial charge in [0.15, 0.2) is 0 Å². The molecule has 17 heavy (non-hydrogen) atoms. The maximum Gasteiger partial charge on any atom is 0.240 e. The second-order valence-electron chi connectivity index (χ2n) is 4.50. The van der Waals surface area contributed by atoms with Crippen LogP contribution in [-0.4, -0.2) is 18.0 Å². The van der Waals surface area contributed by atoms with E-state index in [0.29, 0.717) is 6.54 Å². The molecular weight excluding hydrogens is 236 g/mol. The molecule has 0 aliphatic heterocycles. The van der Waals surface area contributed by atoms with Gasteiger partial charge in [0.05, 0.1) is 5.54 Å². The van der Waals surface area contributed by atoms with E-state index in [-0.39, 0.29) is 18.3 Å². The van der Waals surface area contributed by atoms with Gasteiger partial charge in [-0.2, -0.15) is 0 Å². The van der Waals surface area contributed by atoms with Crippen molar-refractivity contribution >= 4 is 18.3 Å². The van der Waals surface area contributed by atoms with Gasteiger partial charge in [0.1, 0.15) is 0 Å². The Morgan fingerprint density at radius 3 is 2.47 bits per heavy atom. The van der Waals surface area contributed by atoms with Gasteiger partial charge in [0, 0.05) is 6.54 Å². The smallest absolute Gasteiger partial charge is 0.240 e. The maximum absolute atomic E-state index is 11.7. The van der Waals surface area contributed by atoms with E-state index in [1.807, 2.05) is 18.2 Å². The summed E-state index contributed by atoms with van der Waals surface area (Å²) in [5.74, 6) is 0.00896. The first kappa shape index (κ1) is 14.0. The number of carbonyl (C=O) groups is 1. The van der Waals surface area contributed by atoms with E-state index in [0.717, 1.165) is 25.7 Å². The highest BCUT2D eigenvalue weighted by Gasteiger charge is 2.39. The number of rotatable bonds is 4. The van der Waals surface area contributed by atoms with Gasteiger partial charge in [0.2, 0.25) is 5.91 Å². The number of nitrogens with two attached hydrogens (primary N) is 1. The van der Waals surface area contributed by atoms with E-state index in [1.165, 1.54) is 5.56 Å². The number of halogens is 1. The Morgan fingerprint density at radius 2 is 1.94 bits per heavy atom. The summed E-state index contributed by atoms with van der Waals surface area (Å²) in [6.45, 7) is 0.668. The Morgan fingerprint density at radius 1 is 1.29 bits per heavy atom. The minimum atomic E-state index is -0.573. The summed E-state index contributed by atoms with van der Waals surface area (Å²) in [6, 6.07) is 10.1. The topological polar surface area (TPSA) is 55.1 Å². The summed E-state index contributed by atoms with van der Waals surface area (Å²) in [6.07, 6.45) is 3.58. The van der Waals surface area contributed by atoms with Crippen molar-refractivity contribution in [1.29, 1.82) is 0 Å². The van der Waals surface area contributed by atoms with Crippen LogP contribution in [0.2, 0.25) is 0 Å². The summed E-state index contributed by atoms with van der Waals surface area (Å²) in [5, 5.41) is 2.91. The number of nitrogens with one attached hydrogen (secondary N) is 1. The molecule has 0 bridgehead atoms. The zero-order chi connectivity index (χ0) is 11.4. The van der Waals surface area contributed by atoms with E-state index in [1.54, 1.807) is 0 Å². The Balaban J connectivity index is 0.00000144. The second-order valence-corrected chi connectivity index (χ2v) is 4.50. The summed E-state index contributed by atoms with van der Waals surface area (Å²) < 4.78 is 0. The molecule has 1 aromatic carbocycles. The highest BCUT2D eigenvalue weighted by molar-refractivity contribution is 5.87. The molecule has 0 saturated heterocycles. The largest absolute Gasteiger partial charge is 0.354 e. The Labute approximate surface area is 108 Å². The van der Waals surface area contributed by atoms with Gasteiger partial charge in [-0.15, -0.1) is 12.4 Å². The van der Waals surface area contributed by atoms with Crippen LogP contribution in [0.25, 0.3) is 0 Å². The summed E-state index contributed by atoms with van der Waals surface area (Å²) in [4.78, 5) is 11.7. The molecular formula is C13H19ClN2O. The van der Waals surface area contributed by atoms with Crippen molar-refractivity contribution in [1.82, 2.24) is 5.32 Å². The number of hydrogen-bond acceptors (Lipinski definition) is 2. The molecule has 1 amide bonds. The predicted octanol–water partition coefficient (Wildman–Crippen LogP) is 1.65. The van der Waals surface area contributed by atoms with Gasteiger partial charge in [-0.3, -0.25) is 4.79 Å². The van der Waals surface area contributed by atoms with E-state index in [4.69, 9.17) is 5.73 Å². The predicted molar refractivity (Wildman–Crippen MR) is 71.2 cm³/mol. The third-order valence-corrected chi connectivity index (χ3v) is 3.24. The normalized spacial score (nSPS) is 16.5. The molecule has 0 heterocycles. The quantitative estimate of drug-likeness (QED) is 0.859. The van der Waals surface area contributed by atoms with Crippen LogP contribution in [0, 0.1) is 0 Å². The fourth-order valence-corrected chi connectivity index (χ4v) is 1.93. The minimum absolute atomic E-state index is 0. The van der Waals surface area contributed by atoms with Crippen molar-refractivity contribution < 1.29 is 4.79 Å². The molecule has 3 nitrogen and oxygen atoms in total. The van der Waals surface area contributed by atoms with Crippen LogP contribution in [0.1, 0.15) is 24.8 Å². The lowest BCUT2D eigenvalue weighted by molar-refractivity contribution is -0.129. The maximum atomic E-state index is 11.7. The highest BCUT2D eigenvalue weighted by Crippen LogP contribution is 2.28. The van der Waals surface area contributed by atoms with Crippen molar-refractivity contribution in [2.24, 2.45) is 5.73 Å². The monoisotopic (exact) mass is 254 g/mol. The fourth-order valence-electron chi connectivity index (χ4n) is 1.93. The van der Waals surface area contributed by atoms with E-state index in [9.17, 15) is 4.79 Å². The minimum Gasteiger partial charge on any atom is -0.354 e. The molecule has 2 rings (SSSR count). The van der Waals surface area contributed by atoms with Crippen molar-refractivity contribution in [3.05, 3.63) is 35.9 Å². The molecule has 1 aromatic rings. The van der Waals surface area contributed by atoms with Crippen LogP contribution < -0.4 is 11.1 Å². The lowest BCUT2D eigenvalue weighted by Gasteiger charge is -2.36. The second kappa shape index (κ2) is 6.03. The number of carbonyl (C=O) groups excluding carboxylic acids is 1. The highest BCUT2D eigenvalue weighted by atomic mass is 35.5. The van der Waals surface area contributed by atoms with Crippen molar-refractivity contribution in [3.63, 3.8) is 0 Å². The molecule has 3 N–H and O–H groups in total. The summed E-state index contributed by atoms with van der Waals surface area (Å²) in [5.41, 5.74) is 6.58. The number of amides is 1. The third-order valence-electron chi connectivity index (χ3n) is 3.24. The fraction of sp³-hybridized carbons (Fsp3) is 0.462. The Bertz CT molecular complexity index is 363.